The number of furan rings is 1. The molecule has 0 aliphatic rings. The second-order valence-corrected chi connectivity index (χ2v) is 11.7. The summed E-state index contributed by atoms with van der Waals surface area (Å²) in [7, 11) is 0. The van der Waals surface area contributed by atoms with E-state index < -0.39 is 0 Å². The van der Waals surface area contributed by atoms with Gasteiger partial charge in [0.25, 0.3) is 0 Å². The highest BCUT2D eigenvalue weighted by atomic mass is 32.1. The first-order chi connectivity index (χ1) is 21.2. The van der Waals surface area contributed by atoms with Gasteiger partial charge >= 0.3 is 0 Å². The second-order valence-electron chi connectivity index (χ2n) is 10.7. The van der Waals surface area contributed by atoms with E-state index in [1.54, 1.807) is 11.3 Å². The van der Waals surface area contributed by atoms with E-state index in [-0.39, 0.29) is 0 Å². The molecule has 5 heteroatoms. The largest absolute Gasteiger partial charge is 0.456 e. The first-order valence-corrected chi connectivity index (χ1v) is 14.8. The molecule has 0 saturated carbocycles. The molecule has 0 aliphatic carbocycles. The van der Waals surface area contributed by atoms with Crippen LogP contribution in [0.15, 0.2) is 120 Å². The fraction of sp³-hybridized carbons (Fsp3) is 0. The third-order valence-electron chi connectivity index (χ3n) is 8.46. The Morgan fingerprint density at radius 1 is 0.674 bits per heavy atom. The minimum atomic E-state index is 0.625. The summed E-state index contributed by atoms with van der Waals surface area (Å²) in [5, 5.41) is 16.3. The van der Waals surface area contributed by atoms with Gasteiger partial charge in [-0.1, -0.05) is 72.8 Å². The van der Waals surface area contributed by atoms with Crippen molar-refractivity contribution in [2.24, 2.45) is 0 Å². The molecule has 0 aliphatic heterocycles. The standard InChI is InChI=1S/C38H19N3OS/c1-40-30-17-16-24(23-14-18-35-29(20-23)27-8-3-5-12-34(27)42-35)36-28-9-6-11-32(37(28)43-38(30)36)41-31-10-4-2-7-25(31)26-15-13-22(21-39)19-33(26)41/h2-20H. The Bertz CT molecular complexity index is 2710. The Morgan fingerprint density at radius 2 is 1.47 bits per heavy atom. The fourth-order valence-corrected chi connectivity index (χ4v) is 7.86. The maximum absolute atomic E-state index is 9.72. The summed E-state index contributed by atoms with van der Waals surface area (Å²) in [6.45, 7) is 7.99. The van der Waals surface area contributed by atoms with Crippen molar-refractivity contribution in [3.05, 3.63) is 132 Å². The molecule has 0 unspecified atom stereocenters. The molecule has 3 heterocycles. The number of rotatable bonds is 2. The van der Waals surface area contributed by atoms with Crippen LogP contribution in [0.5, 0.6) is 0 Å². The first-order valence-electron chi connectivity index (χ1n) is 13.9. The smallest absolute Gasteiger partial charge is 0.204 e. The molecule has 43 heavy (non-hydrogen) atoms. The van der Waals surface area contributed by atoms with E-state index in [0.717, 1.165) is 80.7 Å². The molecular formula is C38H19N3OS. The topological polar surface area (TPSA) is 46.2 Å². The third kappa shape index (κ3) is 3.29. The highest BCUT2D eigenvalue weighted by Gasteiger charge is 2.20. The summed E-state index contributed by atoms with van der Waals surface area (Å²) < 4.78 is 10.5. The van der Waals surface area contributed by atoms with E-state index in [0.29, 0.717) is 11.3 Å². The van der Waals surface area contributed by atoms with Crippen molar-refractivity contribution in [2.75, 3.05) is 0 Å². The quantitative estimate of drug-likeness (QED) is 0.196. The van der Waals surface area contributed by atoms with Crippen molar-refractivity contribution in [1.82, 2.24) is 4.57 Å². The number of hydrogen-bond donors (Lipinski definition) is 0. The summed E-state index contributed by atoms with van der Waals surface area (Å²) in [4.78, 5) is 3.93. The minimum Gasteiger partial charge on any atom is -0.456 e. The maximum Gasteiger partial charge on any atom is 0.204 e. The molecule has 0 atom stereocenters. The van der Waals surface area contributed by atoms with Crippen LogP contribution in [0.3, 0.4) is 0 Å². The normalized spacial score (nSPS) is 11.7. The van der Waals surface area contributed by atoms with Gasteiger partial charge < -0.3 is 8.98 Å². The van der Waals surface area contributed by atoms with Gasteiger partial charge in [0, 0.05) is 31.6 Å². The lowest BCUT2D eigenvalue weighted by Gasteiger charge is -2.10. The average molecular weight is 566 g/mol. The van der Waals surface area contributed by atoms with E-state index >= 15 is 0 Å². The highest BCUT2D eigenvalue weighted by Crippen LogP contribution is 2.48. The van der Waals surface area contributed by atoms with Gasteiger partial charge in [-0.2, -0.15) is 5.26 Å². The number of nitrogens with zero attached hydrogens (tertiary/aromatic N) is 3. The van der Waals surface area contributed by atoms with Crippen LogP contribution in [0.1, 0.15) is 5.56 Å². The Balaban J connectivity index is 1.38. The Labute approximate surface area is 249 Å². The number of benzene rings is 6. The number of thiophene rings is 1. The molecule has 0 amide bonds. The Hall–Kier alpha value is -5.88. The molecular weight excluding hydrogens is 547 g/mol. The predicted molar refractivity (Wildman–Crippen MR) is 177 cm³/mol. The van der Waals surface area contributed by atoms with E-state index in [1.165, 1.54) is 0 Å². The number of hydrogen-bond acceptors (Lipinski definition) is 3. The van der Waals surface area contributed by atoms with Gasteiger partial charge in [0.05, 0.1) is 39.6 Å². The van der Waals surface area contributed by atoms with Crippen LogP contribution >= 0.6 is 11.3 Å². The predicted octanol–water partition coefficient (Wildman–Crippen LogP) is 11.1. The van der Waals surface area contributed by atoms with Crippen molar-refractivity contribution >= 4 is 80.9 Å². The Kier molecular flexibility index (Phi) is 4.87. The fourth-order valence-electron chi connectivity index (χ4n) is 6.57. The van der Waals surface area contributed by atoms with E-state index in [9.17, 15) is 5.26 Å². The van der Waals surface area contributed by atoms with Crippen LogP contribution < -0.4 is 0 Å². The van der Waals surface area contributed by atoms with E-state index in [1.807, 2.05) is 48.5 Å². The number of para-hydroxylation sites is 2. The summed E-state index contributed by atoms with van der Waals surface area (Å²) in [6, 6.07) is 41.5. The summed E-state index contributed by atoms with van der Waals surface area (Å²) in [5.41, 5.74) is 8.30. The molecule has 9 rings (SSSR count). The molecule has 0 N–H and O–H groups in total. The minimum absolute atomic E-state index is 0.625. The van der Waals surface area contributed by atoms with Crippen LogP contribution in [0.25, 0.3) is 85.6 Å². The van der Waals surface area contributed by atoms with Crippen molar-refractivity contribution in [1.29, 1.82) is 5.26 Å². The molecule has 0 spiro atoms. The number of fused-ring (bicyclic) bond motifs is 9. The monoisotopic (exact) mass is 565 g/mol. The van der Waals surface area contributed by atoms with E-state index in [2.05, 4.69) is 82.2 Å². The number of aromatic nitrogens is 1. The zero-order valence-corrected chi connectivity index (χ0v) is 23.4. The Morgan fingerprint density at radius 3 is 2.35 bits per heavy atom. The summed E-state index contributed by atoms with van der Waals surface area (Å²) in [5.74, 6) is 0. The van der Waals surface area contributed by atoms with Gasteiger partial charge in [-0.3, -0.25) is 0 Å². The van der Waals surface area contributed by atoms with Crippen molar-refractivity contribution in [3.8, 4) is 22.9 Å². The lowest BCUT2D eigenvalue weighted by molar-refractivity contribution is 0.669. The van der Waals surface area contributed by atoms with Crippen LogP contribution in [0.4, 0.5) is 5.69 Å². The van der Waals surface area contributed by atoms with Crippen LogP contribution in [0.2, 0.25) is 0 Å². The zero-order chi connectivity index (χ0) is 28.7. The third-order valence-corrected chi connectivity index (χ3v) is 9.71. The molecule has 0 fully saturated rings. The van der Waals surface area contributed by atoms with Crippen molar-refractivity contribution in [2.45, 2.75) is 0 Å². The SMILES string of the molecule is [C-]#[N+]c1ccc(-c2ccc3oc4ccccc4c3c2)c2c1sc1c(-n3c4ccccc4c4ccc(C#N)cc43)cccc12. The molecule has 198 valence electrons. The molecule has 0 bridgehead atoms. The van der Waals surface area contributed by atoms with Gasteiger partial charge in [0.1, 0.15) is 11.2 Å². The van der Waals surface area contributed by atoms with Gasteiger partial charge in [0.15, 0.2) is 0 Å². The van der Waals surface area contributed by atoms with Gasteiger partial charge in [-0.15, -0.1) is 11.3 Å². The zero-order valence-electron chi connectivity index (χ0n) is 22.6. The molecule has 4 nitrogen and oxygen atoms in total. The lowest BCUT2D eigenvalue weighted by atomic mass is 9.97. The summed E-state index contributed by atoms with van der Waals surface area (Å²) in [6.07, 6.45) is 0. The average Bonchev–Trinajstić information content (AvgIpc) is 3.73. The number of nitriles is 1. The summed E-state index contributed by atoms with van der Waals surface area (Å²) >= 11 is 1.66. The molecule has 6 aromatic carbocycles. The van der Waals surface area contributed by atoms with Gasteiger partial charge in [-0.25, -0.2) is 4.85 Å². The van der Waals surface area contributed by atoms with Crippen LogP contribution in [-0.2, 0) is 0 Å². The van der Waals surface area contributed by atoms with E-state index in [4.69, 9.17) is 11.0 Å². The van der Waals surface area contributed by atoms with Crippen LogP contribution in [-0.4, -0.2) is 4.57 Å². The van der Waals surface area contributed by atoms with Crippen molar-refractivity contribution in [3.63, 3.8) is 0 Å². The maximum atomic E-state index is 9.72. The first kappa shape index (κ1) is 23.8. The van der Waals surface area contributed by atoms with Gasteiger partial charge in [-0.05, 0) is 59.0 Å². The molecule has 0 radical (unpaired) electrons. The van der Waals surface area contributed by atoms with Gasteiger partial charge in [0.2, 0.25) is 5.69 Å². The van der Waals surface area contributed by atoms with Crippen LogP contribution in [0, 0.1) is 17.9 Å². The highest BCUT2D eigenvalue weighted by molar-refractivity contribution is 7.27. The molecule has 0 saturated heterocycles. The second kappa shape index (κ2) is 8.81. The molecule has 9 aromatic rings. The van der Waals surface area contributed by atoms with Crippen molar-refractivity contribution < 1.29 is 4.42 Å². The lowest BCUT2D eigenvalue weighted by Crippen LogP contribution is -1.94. The molecule has 3 aromatic heterocycles.